The van der Waals surface area contributed by atoms with Gasteiger partial charge < -0.3 is 15.9 Å². The summed E-state index contributed by atoms with van der Waals surface area (Å²) >= 11 is 0. The molecule has 9 heavy (non-hydrogen) atoms. The van der Waals surface area contributed by atoms with Crippen LogP contribution in [0.4, 0.5) is 0 Å². The molecule has 1 saturated heterocycles. The van der Waals surface area contributed by atoms with Gasteiger partial charge in [0.2, 0.25) is 0 Å². The molecule has 0 radical (unpaired) electrons. The SMILES string of the molecule is [2H]N1CCN([2H])CCN([2H])CC1. The number of rotatable bonds is 0. The van der Waals surface area contributed by atoms with E-state index in [0.29, 0.717) is 39.3 Å². The van der Waals surface area contributed by atoms with Crippen molar-refractivity contribution in [1.29, 1.82) is 0 Å². The molecular formula is C6H15N3. The first-order chi connectivity index (χ1) is 5.68. The van der Waals surface area contributed by atoms with Crippen molar-refractivity contribution in [2.45, 2.75) is 0 Å². The minimum absolute atomic E-state index is 0.595. The second-order valence-corrected chi connectivity index (χ2v) is 2.01. The minimum Gasteiger partial charge on any atom is -0.314 e. The van der Waals surface area contributed by atoms with E-state index in [1.54, 1.807) is 0 Å². The van der Waals surface area contributed by atoms with Crippen molar-refractivity contribution < 1.29 is 4.24 Å². The molecule has 3 N–H and O–H groups in total. The van der Waals surface area contributed by atoms with Crippen LogP contribution in [0.1, 0.15) is 0 Å². The van der Waals surface area contributed by atoms with Gasteiger partial charge in [0, 0.05) is 39.3 Å². The van der Waals surface area contributed by atoms with Crippen LogP contribution in [0.3, 0.4) is 0 Å². The fourth-order valence-electron chi connectivity index (χ4n) is 0.760. The Hall–Kier alpha value is -0.120. The highest BCUT2D eigenvalue weighted by Gasteiger charge is 1.91. The Bertz CT molecular complexity index is 99.4. The lowest BCUT2D eigenvalue weighted by Crippen LogP contribution is -2.27. The topological polar surface area (TPSA) is 36.1 Å². The van der Waals surface area contributed by atoms with E-state index in [0.717, 1.165) is 0 Å². The maximum atomic E-state index is 7.40. The fourth-order valence-corrected chi connectivity index (χ4v) is 0.760. The Morgan fingerprint density at radius 1 is 0.667 bits per heavy atom. The summed E-state index contributed by atoms with van der Waals surface area (Å²) in [6.45, 7) is 3.57. The molecule has 54 valence electrons. The van der Waals surface area contributed by atoms with Gasteiger partial charge in [-0.1, -0.05) is 0 Å². The summed E-state index contributed by atoms with van der Waals surface area (Å²) in [5, 5.41) is 4.23. The van der Waals surface area contributed by atoms with Crippen molar-refractivity contribution >= 4 is 0 Å². The Morgan fingerprint density at radius 3 is 1.11 bits per heavy atom. The first-order valence-electron chi connectivity index (χ1n) is 4.74. The number of hydrogen-bond acceptors (Lipinski definition) is 3. The standard InChI is InChI=1S/C6H15N3/c1-2-8-5-6-9-4-3-7-1/h7-9H,1-6H2/i/hD3. The van der Waals surface area contributed by atoms with Gasteiger partial charge in [-0.15, -0.1) is 0 Å². The van der Waals surface area contributed by atoms with Crippen LogP contribution in [0.25, 0.3) is 0 Å². The van der Waals surface area contributed by atoms with Crippen LogP contribution in [0.5, 0.6) is 0 Å². The zero-order chi connectivity index (χ0) is 8.97. The van der Waals surface area contributed by atoms with Crippen molar-refractivity contribution in [2.75, 3.05) is 39.3 Å². The maximum Gasteiger partial charge on any atom is 0.122 e. The van der Waals surface area contributed by atoms with Crippen LogP contribution in [0, 0.1) is 0 Å². The molecule has 1 aliphatic rings. The second-order valence-electron chi connectivity index (χ2n) is 2.01. The molecule has 0 saturated carbocycles. The molecule has 0 aliphatic carbocycles. The third-order valence-corrected chi connectivity index (χ3v) is 1.25. The van der Waals surface area contributed by atoms with Crippen molar-refractivity contribution in [1.82, 2.24) is 15.9 Å². The molecule has 1 rings (SSSR count). The zero-order valence-corrected chi connectivity index (χ0v) is 5.58. The molecular weight excluding hydrogens is 114 g/mol. The van der Waals surface area contributed by atoms with E-state index in [9.17, 15) is 0 Å². The third-order valence-electron chi connectivity index (χ3n) is 1.25. The molecule has 3 heteroatoms. The molecule has 0 aromatic carbocycles. The number of hydrogen-bond donors (Lipinski definition) is 3. The molecule has 0 atom stereocenters. The fraction of sp³-hybridized carbons (Fsp3) is 1.00. The minimum atomic E-state index is 0.595. The van der Waals surface area contributed by atoms with Gasteiger partial charge in [0.15, 0.2) is 0 Å². The first-order valence-corrected chi connectivity index (χ1v) is 3.40. The summed E-state index contributed by atoms with van der Waals surface area (Å²) in [5.41, 5.74) is 0. The molecule has 1 fully saturated rings. The Morgan fingerprint density at radius 2 is 0.889 bits per heavy atom. The van der Waals surface area contributed by atoms with Crippen molar-refractivity contribution in [3.05, 3.63) is 0 Å². The Kier molecular flexibility index (Phi) is 2.05. The zero-order valence-electron chi connectivity index (χ0n) is 8.58. The van der Waals surface area contributed by atoms with Gasteiger partial charge in [0.25, 0.3) is 0 Å². The largest absolute Gasteiger partial charge is 0.314 e. The van der Waals surface area contributed by atoms with Gasteiger partial charge in [0.05, 0.1) is 0 Å². The van der Waals surface area contributed by atoms with Gasteiger partial charge in [0.1, 0.15) is 4.24 Å². The lowest BCUT2D eigenvalue weighted by atomic mass is 10.6. The molecule has 1 aliphatic heterocycles. The van der Waals surface area contributed by atoms with E-state index >= 15 is 0 Å². The van der Waals surface area contributed by atoms with E-state index in [1.165, 1.54) is 15.9 Å². The van der Waals surface area contributed by atoms with Crippen molar-refractivity contribution in [3.8, 4) is 0 Å². The van der Waals surface area contributed by atoms with Crippen LogP contribution < -0.4 is 15.9 Å². The van der Waals surface area contributed by atoms with Gasteiger partial charge in [-0.25, -0.2) is 0 Å². The quantitative estimate of drug-likeness (QED) is 0.386. The predicted molar refractivity (Wildman–Crippen MR) is 38.6 cm³/mol. The summed E-state index contributed by atoms with van der Waals surface area (Å²) in [6, 6.07) is 0. The molecule has 0 aromatic rings. The van der Waals surface area contributed by atoms with Gasteiger partial charge in [-0.3, -0.25) is 0 Å². The summed E-state index contributed by atoms with van der Waals surface area (Å²) in [5.74, 6) is 0. The Labute approximate surface area is 60.6 Å². The van der Waals surface area contributed by atoms with E-state index in [2.05, 4.69) is 0 Å². The van der Waals surface area contributed by atoms with E-state index in [-0.39, 0.29) is 0 Å². The van der Waals surface area contributed by atoms with Gasteiger partial charge in [-0.2, -0.15) is 0 Å². The van der Waals surface area contributed by atoms with Crippen LogP contribution in [0.2, 0.25) is 4.24 Å². The molecule has 0 aromatic heterocycles. The highest BCUT2D eigenvalue weighted by molar-refractivity contribution is 4.59. The highest BCUT2D eigenvalue weighted by atomic mass is 15.0. The van der Waals surface area contributed by atoms with Crippen LogP contribution in [-0.2, 0) is 0 Å². The van der Waals surface area contributed by atoms with E-state index in [4.69, 9.17) is 4.24 Å². The van der Waals surface area contributed by atoms with E-state index < -0.39 is 0 Å². The summed E-state index contributed by atoms with van der Waals surface area (Å²) in [7, 11) is 0. The van der Waals surface area contributed by atoms with Crippen LogP contribution >= 0.6 is 0 Å². The average molecular weight is 132 g/mol. The molecule has 0 bridgehead atoms. The molecule has 0 spiro atoms. The van der Waals surface area contributed by atoms with E-state index in [1.807, 2.05) is 0 Å². The summed E-state index contributed by atoms with van der Waals surface area (Å²) in [6.07, 6.45) is 0. The summed E-state index contributed by atoms with van der Waals surface area (Å²) < 4.78 is 22.2. The summed E-state index contributed by atoms with van der Waals surface area (Å²) in [4.78, 5) is 0. The normalized spacial score (nSPS) is 35.3. The lowest BCUT2D eigenvalue weighted by molar-refractivity contribution is 0.652. The van der Waals surface area contributed by atoms with Crippen LogP contribution in [-0.4, -0.2) is 39.3 Å². The second kappa shape index (κ2) is 4.73. The van der Waals surface area contributed by atoms with Crippen LogP contribution in [0.15, 0.2) is 0 Å². The van der Waals surface area contributed by atoms with Crippen molar-refractivity contribution in [2.24, 2.45) is 0 Å². The Balaban J connectivity index is 2.36. The monoisotopic (exact) mass is 132 g/mol. The first kappa shape index (κ1) is 3.91. The highest BCUT2D eigenvalue weighted by Crippen LogP contribution is 1.65. The maximum absolute atomic E-state index is 7.40. The molecule has 1 heterocycles. The third kappa shape index (κ3) is 3.46. The average Bonchev–Trinajstić information content (AvgIpc) is 2.11. The molecule has 0 amide bonds. The lowest BCUT2D eigenvalue weighted by Gasteiger charge is -1.99. The smallest absolute Gasteiger partial charge is 0.122 e. The molecule has 0 unspecified atom stereocenters. The predicted octanol–water partition coefficient (Wildman–Crippen LogP) is -1.23. The molecule has 3 nitrogen and oxygen atoms in total. The van der Waals surface area contributed by atoms with Gasteiger partial charge >= 0.3 is 0 Å². The van der Waals surface area contributed by atoms with Crippen molar-refractivity contribution in [3.63, 3.8) is 0 Å². The number of nitrogens with one attached hydrogen (secondary N) is 3. The van der Waals surface area contributed by atoms with Gasteiger partial charge in [-0.05, 0) is 0 Å².